The van der Waals surface area contributed by atoms with Gasteiger partial charge in [-0.2, -0.15) is 0 Å². The highest BCUT2D eigenvalue weighted by molar-refractivity contribution is 6.30. The average molecular weight is 474 g/mol. The van der Waals surface area contributed by atoms with Crippen molar-refractivity contribution in [3.8, 4) is 0 Å². The van der Waals surface area contributed by atoms with Crippen LogP contribution in [0.5, 0.6) is 0 Å². The van der Waals surface area contributed by atoms with E-state index in [0.29, 0.717) is 5.02 Å². The molecule has 0 saturated carbocycles. The Hall–Kier alpha value is -2.39. The number of benzene rings is 1. The molecule has 0 saturated heterocycles. The van der Waals surface area contributed by atoms with Crippen LogP contribution in [0.4, 0.5) is 0 Å². The molecule has 3 nitrogen and oxygen atoms in total. The van der Waals surface area contributed by atoms with E-state index in [-0.39, 0.29) is 16.8 Å². The van der Waals surface area contributed by atoms with Crippen LogP contribution >= 0.6 is 11.6 Å². The second-order valence-corrected chi connectivity index (χ2v) is 8.21. The van der Waals surface area contributed by atoms with Gasteiger partial charge in [-0.25, -0.2) is 0 Å². The normalized spacial score (nSPS) is 10.1. The molecule has 0 aliphatic heterocycles. The summed E-state index contributed by atoms with van der Waals surface area (Å²) in [5.74, 6) is 0.619. The van der Waals surface area contributed by atoms with Gasteiger partial charge in [0.15, 0.2) is 11.2 Å². The number of aromatic nitrogens is 1. The molecular formula is C29H44ClNO2. The molecule has 0 atom stereocenters. The SMILES string of the molecule is C=C(/C=C(\C)c1cc(=O)c(C(C)=O)cn1CCC)c1ccc(Cl)cc1.CC.CC.CC(C)C. The van der Waals surface area contributed by atoms with Crippen LogP contribution in [0.2, 0.25) is 5.02 Å². The summed E-state index contributed by atoms with van der Waals surface area (Å²) in [5, 5.41) is 0.675. The Morgan fingerprint density at radius 2 is 1.55 bits per heavy atom. The lowest BCUT2D eigenvalue weighted by Gasteiger charge is -2.15. The number of hydrogen-bond acceptors (Lipinski definition) is 2. The maximum Gasteiger partial charge on any atom is 0.192 e. The predicted octanol–water partition coefficient (Wildman–Crippen LogP) is 8.95. The standard InChI is InChI=1S/C21H22ClNO2.C4H10.2C2H6/c1-5-10-23-13-19(16(4)24)21(25)12-20(23)15(3)11-14(2)17-6-8-18(22)9-7-17;1-4(2)3;2*1-2/h6-9,11-13H,2,5,10H2,1,3-4H3;4H,1-3H3;2*1-2H3/b15-11+;;;. The molecule has 2 aromatic rings. The van der Waals surface area contributed by atoms with Gasteiger partial charge in [-0.3, -0.25) is 9.59 Å². The number of aryl methyl sites for hydroxylation is 1. The third kappa shape index (κ3) is 12.4. The van der Waals surface area contributed by atoms with Gasteiger partial charge >= 0.3 is 0 Å². The molecule has 4 heteroatoms. The highest BCUT2D eigenvalue weighted by Gasteiger charge is 2.11. The van der Waals surface area contributed by atoms with Gasteiger partial charge in [0.2, 0.25) is 0 Å². The lowest BCUT2D eigenvalue weighted by molar-refractivity contribution is 0.101. The fourth-order valence-electron chi connectivity index (χ4n) is 2.69. The minimum atomic E-state index is -0.250. The van der Waals surface area contributed by atoms with Gasteiger partial charge in [0.05, 0.1) is 5.56 Å². The van der Waals surface area contributed by atoms with E-state index >= 15 is 0 Å². The molecule has 0 aliphatic rings. The molecule has 0 unspecified atom stereocenters. The maximum absolute atomic E-state index is 12.2. The molecule has 0 bridgehead atoms. The molecule has 0 N–H and O–H groups in total. The molecule has 0 aliphatic carbocycles. The van der Waals surface area contributed by atoms with Crippen molar-refractivity contribution in [1.82, 2.24) is 4.57 Å². The first-order chi connectivity index (χ1) is 15.6. The van der Waals surface area contributed by atoms with Crippen LogP contribution in [-0.2, 0) is 6.54 Å². The fourth-order valence-corrected chi connectivity index (χ4v) is 2.81. The summed E-state index contributed by atoms with van der Waals surface area (Å²) in [7, 11) is 0. The number of Topliss-reactive ketones (excluding diaryl/α,β-unsaturated/α-hetero) is 1. The van der Waals surface area contributed by atoms with Gasteiger partial charge in [0.25, 0.3) is 0 Å². The van der Waals surface area contributed by atoms with Crippen molar-refractivity contribution in [2.75, 3.05) is 0 Å². The van der Waals surface area contributed by atoms with Crippen LogP contribution in [0.25, 0.3) is 11.1 Å². The Labute approximate surface area is 207 Å². The van der Waals surface area contributed by atoms with Gasteiger partial charge < -0.3 is 4.57 Å². The Balaban J connectivity index is 0. The lowest BCUT2D eigenvalue weighted by atomic mass is 10.0. The van der Waals surface area contributed by atoms with Crippen molar-refractivity contribution in [1.29, 1.82) is 0 Å². The zero-order valence-corrected chi connectivity index (χ0v) is 23.1. The highest BCUT2D eigenvalue weighted by atomic mass is 35.5. The molecule has 0 fully saturated rings. The molecular weight excluding hydrogens is 430 g/mol. The van der Waals surface area contributed by atoms with Crippen LogP contribution in [0, 0.1) is 5.92 Å². The molecule has 33 heavy (non-hydrogen) atoms. The zero-order chi connectivity index (χ0) is 26.1. The Morgan fingerprint density at radius 3 is 1.97 bits per heavy atom. The van der Waals surface area contributed by atoms with Gasteiger partial charge in [-0.05, 0) is 61.1 Å². The van der Waals surface area contributed by atoms with Gasteiger partial charge in [-0.15, -0.1) is 0 Å². The molecule has 0 amide bonds. The number of carbonyl (C=O) groups excluding carboxylic acids is 1. The summed E-state index contributed by atoms with van der Waals surface area (Å²) in [6.07, 6.45) is 4.50. The third-order valence-corrected chi connectivity index (χ3v) is 4.23. The second kappa shape index (κ2) is 18.1. The van der Waals surface area contributed by atoms with Crippen molar-refractivity contribution >= 4 is 28.5 Å². The first-order valence-electron chi connectivity index (χ1n) is 12.0. The van der Waals surface area contributed by atoms with Gasteiger partial charge in [0, 0.05) is 29.5 Å². The van der Waals surface area contributed by atoms with Crippen molar-refractivity contribution in [3.63, 3.8) is 0 Å². The minimum Gasteiger partial charge on any atom is -0.347 e. The number of carbonyl (C=O) groups is 1. The van der Waals surface area contributed by atoms with Crippen molar-refractivity contribution in [2.45, 2.75) is 82.2 Å². The maximum atomic E-state index is 12.2. The van der Waals surface area contributed by atoms with Crippen LogP contribution in [0.3, 0.4) is 0 Å². The van der Waals surface area contributed by atoms with E-state index in [1.54, 1.807) is 6.20 Å². The van der Waals surface area contributed by atoms with Gasteiger partial charge in [0.1, 0.15) is 0 Å². The molecule has 1 aromatic carbocycles. The van der Waals surface area contributed by atoms with E-state index < -0.39 is 0 Å². The van der Waals surface area contributed by atoms with E-state index in [4.69, 9.17) is 11.6 Å². The molecule has 0 radical (unpaired) electrons. The molecule has 0 spiro atoms. The van der Waals surface area contributed by atoms with E-state index in [0.717, 1.165) is 41.3 Å². The zero-order valence-electron chi connectivity index (χ0n) is 22.4. The molecule has 2 rings (SSSR count). The minimum absolute atomic E-state index is 0.214. The highest BCUT2D eigenvalue weighted by Crippen LogP contribution is 2.22. The van der Waals surface area contributed by atoms with Crippen LogP contribution in [-0.4, -0.2) is 10.4 Å². The van der Waals surface area contributed by atoms with E-state index in [2.05, 4.69) is 34.3 Å². The average Bonchev–Trinajstić information content (AvgIpc) is 2.77. The Bertz CT molecular complexity index is 932. The molecule has 1 aromatic heterocycles. The van der Waals surface area contributed by atoms with E-state index in [1.165, 1.54) is 13.0 Å². The van der Waals surface area contributed by atoms with E-state index in [9.17, 15) is 9.59 Å². The summed E-state index contributed by atoms with van der Waals surface area (Å²) >= 11 is 5.92. The first kappa shape index (κ1) is 32.8. The van der Waals surface area contributed by atoms with Gasteiger partial charge in [-0.1, -0.05) is 85.7 Å². The Kier molecular flexibility index (Phi) is 18.0. The summed E-state index contributed by atoms with van der Waals surface area (Å²) in [6, 6.07) is 8.99. The van der Waals surface area contributed by atoms with Crippen LogP contribution in [0.15, 0.2) is 54.0 Å². The van der Waals surface area contributed by atoms with Crippen molar-refractivity contribution < 1.29 is 4.79 Å². The number of nitrogens with zero attached hydrogens (tertiary/aromatic N) is 1. The summed E-state index contributed by atoms with van der Waals surface area (Å²) < 4.78 is 1.96. The first-order valence-corrected chi connectivity index (χ1v) is 12.3. The number of hydrogen-bond donors (Lipinski definition) is 0. The number of allylic oxidation sites excluding steroid dienone is 3. The fraction of sp³-hybridized carbons (Fsp3) is 0.448. The van der Waals surface area contributed by atoms with Crippen LogP contribution < -0.4 is 5.43 Å². The number of rotatable bonds is 6. The quantitative estimate of drug-likeness (QED) is 0.310. The predicted molar refractivity (Wildman–Crippen MR) is 148 cm³/mol. The lowest BCUT2D eigenvalue weighted by Crippen LogP contribution is -2.18. The number of ketones is 1. The van der Waals surface area contributed by atoms with Crippen molar-refractivity contribution in [2.24, 2.45) is 5.92 Å². The molecule has 1 heterocycles. The second-order valence-electron chi connectivity index (χ2n) is 7.78. The smallest absolute Gasteiger partial charge is 0.192 e. The largest absolute Gasteiger partial charge is 0.347 e. The summed E-state index contributed by atoms with van der Waals surface area (Å²) in [6.45, 7) is 24.7. The summed E-state index contributed by atoms with van der Waals surface area (Å²) in [4.78, 5) is 23.9. The third-order valence-electron chi connectivity index (χ3n) is 3.98. The van der Waals surface area contributed by atoms with E-state index in [1.807, 2.05) is 69.5 Å². The Morgan fingerprint density at radius 1 is 1.06 bits per heavy atom. The molecule has 184 valence electrons. The number of halogens is 1. The van der Waals surface area contributed by atoms with Crippen LogP contribution in [0.1, 0.15) is 97.3 Å². The number of pyridine rings is 1. The monoisotopic (exact) mass is 473 g/mol. The van der Waals surface area contributed by atoms with Crippen molar-refractivity contribution in [3.05, 3.63) is 81.3 Å². The topological polar surface area (TPSA) is 39.1 Å². The summed E-state index contributed by atoms with van der Waals surface area (Å²) in [5.41, 5.74) is 3.49.